The molecule has 0 fully saturated rings. The molecule has 2 aromatic heterocycles. The fourth-order valence-corrected chi connectivity index (χ4v) is 4.00. The van der Waals surface area contributed by atoms with E-state index in [4.69, 9.17) is 0 Å². The van der Waals surface area contributed by atoms with E-state index in [9.17, 15) is 12.8 Å². The van der Waals surface area contributed by atoms with Gasteiger partial charge < -0.3 is 9.88 Å². The molecule has 1 aliphatic rings. The van der Waals surface area contributed by atoms with Crippen molar-refractivity contribution >= 4 is 21.7 Å². The van der Waals surface area contributed by atoms with Crippen molar-refractivity contribution in [3.05, 3.63) is 47.3 Å². The molecule has 0 bridgehead atoms. The van der Waals surface area contributed by atoms with Gasteiger partial charge in [-0.1, -0.05) is 0 Å². The molecule has 0 saturated carbocycles. The van der Waals surface area contributed by atoms with Crippen LogP contribution in [-0.2, 0) is 29.9 Å². The molecule has 28 heavy (non-hydrogen) atoms. The van der Waals surface area contributed by atoms with Crippen molar-refractivity contribution in [1.29, 1.82) is 0 Å². The summed E-state index contributed by atoms with van der Waals surface area (Å²) in [5, 5.41) is 2.83. The van der Waals surface area contributed by atoms with Crippen LogP contribution in [0.5, 0.6) is 0 Å². The van der Waals surface area contributed by atoms with Gasteiger partial charge in [-0.15, -0.1) is 0 Å². The Bertz CT molecular complexity index is 1190. The second-order valence-electron chi connectivity index (χ2n) is 6.56. The lowest BCUT2D eigenvalue weighted by Crippen LogP contribution is -2.18. The molecular formula is C18H19FN6O2S. The number of benzene rings is 1. The number of rotatable bonds is 4. The third kappa shape index (κ3) is 3.04. The van der Waals surface area contributed by atoms with E-state index < -0.39 is 15.8 Å². The molecule has 0 unspecified atom stereocenters. The quantitative estimate of drug-likeness (QED) is 0.693. The number of anilines is 2. The van der Waals surface area contributed by atoms with Gasteiger partial charge in [0.1, 0.15) is 11.6 Å². The Kier molecular flexibility index (Phi) is 4.39. The molecule has 0 atom stereocenters. The Morgan fingerprint density at radius 3 is 2.71 bits per heavy atom. The summed E-state index contributed by atoms with van der Waals surface area (Å²) in [5.74, 6) is 0.418. The fraction of sp³-hybridized carbons (Fsp3) is 0.278. The van der Waals surface area contributed by atoms with Crippen LogP contribution < -0.4 is 10.0 Å². The van der Waals surface area contributed by atoms with Crippen LogP contribution in [-0.4, -0.2) is 35.0 Å². The van der Waals surface area contributed by atoms with Crippen molar-refractivity contribution in [3.63, 3.8) is 0 Å². The first kappa shape index (κ1) is 18.5. The molecule has 1 aromatic carbocycles. The van der Waals surface area contributed by atoms with Crippen molar-refractivity contribution in [3.8, 4) is 11.4 Å². The van der Waals surface area contributed by atoms with Crippen molar-refractivity contribution in [2.75, 3.05) is 12.4 Å². The first-order valence-electron chi connectivity index (χ1n) is 8.69. The van der Waals surface area contributed by atoms with Gasteiger partial charge in [0.15, 0.2) is 0 Å². The summed E-state index contributed by atoms with van der Waals surface area (Å²) < 4.78 is 42.2. The van der Waals surface area contributed by atoms with E-state index in [1.807, 2.05) is 18.5 Å². The Morgan fingerprint density at radius 2 is 2.00 bits per heavy atom. The van der Waals surface area contributed by atoms with Gasteiger partial charge >= 0.3 is 0 Å². The van der Waals surface area contributed by atoms with Crippen molar-refractivity contribution in [1.82, 2.24) is 24.2 Å². The summed E-state index contributed by atoms with van der Waals surface area (Å²) in [5.41, 5.74) is 3.81. The minimum atomic E-state index is -3.72. The van der Waals surface area contributed by atoms with Crippen LogP contribution in [0.4, 0.5) is 16.0 Å². The first-order chi connectivity index (χ1) is 13.3. The number of hydrogen-bond acceptors (Lipinski definition) is 6. The van der Waals surface area contributed by atoms with Gasteiger partial charge in [0, 0.05) is 13.2 Å². The van der Waals surface area contributed by atoms with Gasteiger partial charge in [-0.2, -0.15) is 0 Å². The lowest BCUT2D eigenvalue weighted by Gasteiger charge is -2.17. The number of halogens is 1. The maximum atomic E-state index is 14.4. The molecule has 0 saturated heterocycles. The van der Waals surface area contributed by atoms with Gasteiger partial charge in [-0.25, -0.2) is 32.5 Å². The zero-order valence-corrected chi connectivity index (χ0v) is 16.4. The Hall–Kier alpha value is -2.85. The third-order valence-corrected chi connectivity index (χ3v) is 6.29. The van der Waals surface area contributed by atoms with Gasteiger partial charge in [0.25, 0.3) is 0 Å². The highest BCUT2D eigenvalue weighted by Gasteiger charge is 2.24. The van der Waals surface area contributed by atoms with Gasteiger partial charge in [0.05, 0.1) is 27.7 Å². The molecule has 8 nitrogen and oxygen atoms in total. The summed E-state index contributed by atoms with van der Waals surface area (Å²) in [6.07, 6.45) is 3.36. The summed E-state index contributed by atoms with van der Waals surface area (Å²) in [4.78, 5) is 13.3. The zero-order chi connectivity index (χ0) is 20.1. The number of aromatic nitrogens is 4. The van der Waals surface area contributed by atoms with Crippen LogP contribution in [0.1, 0.15) is 17.1 Å². The Balaban J connectivity index is 1.70. The SMILES string of the molecule is CNS(=O)(=O)c1ccc(Nc2ncc3c(n2)-c2c(nc(C)n2C)CC3)c(F)c1. The van der Waals surface area contributed by atoms with Gasteiger partial charge in [0.2, 0.25) is 16.0 Å². The zero-order valence-electron chi connectivity index (χ0n) is 15.6. The van der Waals surface area contributed by atoms with Gasteiger partial charge in [-0.05, 0) is 50.6 Å². The average molecular weight is 402 g/mol. The predicted molar refractivity (Wildman–Crippen MR) is 102 cm³/mol. The highest BCUT2D eigenvalue weighted by atomic mass is 32.2. The van der Waals surface area contributed by atoms with Crippen molar-refractivity contribution in [2.24, 2.45) is 7.05 Å². The summed E-state index contributed by atoms with van der Waals surface area (Å²) >= 11 is 0. The lowest BCUT2D eigenvalue weighted by molar-refractivity contribution is 0.584. The number of aryl methyl sites for hydroxylation is 3. The van der Waals surface area contributed by atoms with E-state index in [1.165, 1.54) is 19.2 Å². The third-order valence-electron chi connectivity index (χ3n) is 4.88. The molecule has 10 heteroatoms. The molecule has 0 spiro atoms. The number of hydrogen-bond donors (Lipinski definition) is 2. The highest BCUT2D eigenvalue weighted by Crippen LogP contribution is 2.33. The van der Waals surface area contributed by atoms with Crippen LogP contribution in [0.2, 0.25) is 0 Å². The first-order valence-corrected chi connectivity index (χ1v) is 10.2. The molecule has 0 aliphatic heterocycles. The second-order valence-corrected chi connectivity index (χ2v) is 8.44. The number of nitrogens with one attached hydrogen (secondary N) is 2. The Morgan fingerprint density at radius 1 is 1.21 bits per heavy atom. The summed E-state index contributed by atoms with van der Waals surface area (Å²) in [6.45, 7) is 1.94. The van der Waals surface area contributed by atoms with E-state index in [2.05, 4.69) is 25.0 Å². The normalized spacial score (nSPS) is 13.1. The molecular weight excluding hydrogens is 383 g/mol. The topological polar surface area (TPSA) is 102 Å². The van der Waals surface area contributed by atoms with Crippen LogP contribution in [0.15, 0.2) is 29.3 Å². The molecule has 3 aromatic rings. The van der Waals surface area contributed by atoms with Crippen LogP contribution in [0, 0.1) is 12.7 Å². The lowest BCUT2D eigenvalue weighted by atomic mass is 9.98. The second kappa shape index (κ2) is 6.64. The monoisotopic (exact) mass is 402 g/mol. The maximum Gasteiger partial charge on any atom is 0.240 e. The van der Waals surface area contributed by atoms with Crippen molar-refractivity contribution in [2.45, 2.75) is 24.7 Å². The molecule has 1 aliphatic carbocycles. The molecule has 4 rings (SSSR count). The molecule has 0 amide bonds. The van der Waals surface area contributed by atoms with Gasteiger partial charge in [-0.3, -0.25) is 0 Å². The highest BCUT2D eigenvalue weighted by molar-refractivity contribution is 7.89. The van der Waals surface area contributed by atoms with Crippen LogP contribution >= 0.6 is 0 Å². The molecule has 2 heterocycles. The van der Waals surface area contributed by atoms with E-state index in [-0.39, 0.29) is 16.5 Å². The Labute approximate surface area is 161 Å². The van der Waals surface area contributed by atoms with Crippen LogP contribution in [0.25, 0.3) is 11.4 Å². The van der Waals surface area contributed by atoms with E-state index in [1.54, 1.807) is 6.20 Å². The maximum absolute atomic E-state index is 14.4. The minimum absolute atomic E-state index is 0.0900. The standard InChI is InChI=1S/C18H19FN6O2S/c1-10-22-15-6-4-11-9-21-18(24-16(11)17(15)25(10)3)23-14-7-5-12(8-13(14)19)28(26,27)20-2/h5,7-9,20H,4,6H2,1-3H3,(H,21,23,24). The van der Waals surface area contributed by atoms with Crippen molar-refractivity contribution < 1.29 is 12.8 Å². The smallest absolute Gasteiger partial charge is 0.240 e. The number of nitrogens with zero attached hydrogens (tertiary/aromatic N) is 4. The molecule has 2 N–H and O–H groups in total. The average Bonchev–Trinajstić information content (AvgIpc) is 2.97. The van der Waals surface area contributed by atoms with E-state index >= 15 is 0 Å². The molecule has 0 radical (unpaired) electrons. The largest absolute Gasteiger partial charge is 0.330 e. The summed E-state index contributed by atoms with van der Waals surface area (Å²) in [7, 11) is -0.508. The van der Waals surface area contributed by atoms with Crippen LogP contribution in [0.3, 0.4) is 0 Å². The number of imidazole rings is 1. The molecule has 146 valence electrons. The number of fused-ring (bicyclic) bond motifs is 3. The summed E-state index contributed by atoms with van der Waals surface area (Å²) in [6, 6.07) is 3.62. The minimum Gasteiger partial charge on any atom is -0.330 e. The predicted octanol–water partition coefficient (Wildman–Crippen LogP) is 2.07. The van der Waals surface area contributed by atoms with E-state index in [0.29, 0.717) is 0 Å². The number of sulfonamides is 1. The fourth-order valence-electron chi connectivity index (χ4n) is 3.26. The van der Waals surface area contributed by atoms with E-state index in [0.717, 1.165) is 47.4 Å².